The van der Waals surface area contributed by atoms with Crippen molar-refractivity contribution in [1.29, 1.82) is 0 Å². The van der Waals surface area contributed by atoms with E-state index in [1.54, 1.807) is 5.57 Å². The van der Waals surface area contributed by atoms with Crippen LogP contribution < -0.4 is 0 Å². The van der Waals surface area contributed by atoms with Crippen molar-refractivity contribution in [2.75, 3.05) is 14.1 Å². The number of fused-ring (bicyclic) bond motifs is 2. The molecule has 0 N–H and O–H groups in total. The Balaban J connectivity index is 1.28. The van der Waals surface area contributed by atoms with Gasteiger partial charge in [-0.05, 0) is 117 Å². The molecule has 5 aliphatic rings. The second-order valence-corrected chi connectivity index (χ2v) is 12.0. The van der Waals surface area contributed by atoms with Gasteiger partial charge in [-0.3, -0.25) is 4.98 Å². The van der Waals surface area contributed by atoms with Crippen LogP contribution in [-0.4, -0.2) is 41.2 Å². The number of nitrogens with zero attached hydrogens (tertiary/aromatic N) is 2. The third-order valence-corrected chi connectivity index (χ3v) is 10.5. The maximum Gasteiger partial charge on any atom is 0.0974 e. The molecule has 1 saturated heterocycles. The van der Waals surface area contributed by atoms with Crippen molar-refractivity contribution in [2.24, 2.45) is 11.3 Å². The molecule has 3 aliphatic carbocycles. The number of benzene rings is 1. The molecular formula is C30H36N2O. The average Bonchev–Trinajstić information content (AvgIpc) is 3.33. The fourth-order valence-electron chi connectivity index (χ4n) is 8.69. The third kappa shape index (κ3) is 2.67. The number of ether oxygens (including phenoxy) is 1. The minimum atomic E-state index is -0.0577. The molecule has 2 bridgehead atoms. The summed E-state index contributed by atoms with van der Waals surface area (Å²) in [4.78, 5) is 6.81. The molecule has 2 aromatic rings. The first-order chi connectivity index (χ1) is 15.9. The van der Waals surface area contributed by atoms with E-state index in [2.05, 4.69) is 67.3 Å². The summed E-state index contributed by atoms with van der Waals surface area (Å²) in [5.41, 5.74) is 4.82. The summed E-state index contributed by atoms with van der Waals surface area (Å²) in [5.74, 6) is 1.20. The van der Waals surface area contributed by atoms with Crippen LogP contribution in [0.3, 0.4) is 0 Å². The van der Waals surface area contributed by atoms with Gasteiger partial charge in [0.2, 0.25) is 0 Å². The molecule has 6 atom stereocenters. The summed E-state index contributed by atoms with van der Waals surface area (Å²) in [6.07, 6.45) is 18.9. The summed E-state index contributed by atoms with van der Waals surface area (Å²) in [7, 11) is 4.49. The maximum absolute atomic E-state index is 7.42. The van der Waals surface area contributed by atoms with Crippen molar-refractivity contribution >= 4 is 10.8 Å². The number of hydrogen-bond acceptors (Lipinski definition) is 3. The van der Waals surface area contributed by atoms with Gasteiger partial charge in [0.05, 0.1) is 11.2 Å². The van der Waals surface area contributed by atoms with Gasteiger partial charge in [-0.25, -0.2) is 0 Å². The summed E-state index contributed by atoms with van der Waals surface area (Å²) >= 11 is 0. The van der Waals surface area contributed by atoms with Crippen LogP contribution in [-0.2, 0) is 4.74 Å². The van der Waals surface area contributed by atoms with Crippen LogP contribution in [0, 0.1) is 11.3 Å². The monoisotopic (exact) mass is 440 g/mol. The summed E-state index contributed by atoms with van der Waals surface area (Å²) < 4.78 is 7.42. The third-order valence-electron chi connectivity index (χ3n) is 10.5. The Morgan fingerprint density at radius 3 is 2.85 bits per heavy atom. The molecule has 1 aromatic heterocycles. The molecule has 2 saturated carbocycles. The van der Waals surface area contributed by atoms with E-state index in [9.17, 15) is 0 Å². The Kier molecular flexibility index (Phi) is 4.20. The van der Waals surface area contributed by atoms with Gasteiger partial charge in [0.15, 0.2) is 0 Å². The van der Waals surface area contributed by atoms with Gasteiger partial charge >= 0.3 is 0 Å². The first-order valence-electron chi connectivity index (χ1n) is 13.1. The smallest absolute Gasteiger partial charge is 0.0974 e. The zero-order valence-electron chi connectivity index (χ0n) is 20.3. The van der Waals surface area contributed by atoms with Gasteiger partial charge in [-0.1, -0.05) is 31.2 Å². The fourth-order valence-corrected chi connectivity index (χ4v) is 8.69. The first-order valence-corrected chi connectivity index (χ1v) is 13.1. The summed E-state index contributed by atoms with van der Waals surface area (Å²) in [5, 5.41) is 2.56. The molecule has 3 heteroatoms. The molecule has 0 radical (unpaired) electrons. The van der Waals surface area contributed by atoms with Crippen LogP contribution in [0.25, 0.3) is 10.8 Å². The lowest BCUT2D eigenvalue weighted by Gasteiger charge is -2.54. The Morgan fingerprint density at radius 2 is 1.97 bits per heavy atom. The van der Waals surface area contributed by atoms with Crippen molar-refractivity contribution in [3.05, 3.63) is 65.5 Å². The van der Waals surface area contributed by atoms with Crippen molar-refractivity contribution in [2.45, 2.75) is 81.5 Å². The number of pyridine rings is 1. The lowest BCUT2D eigenvalue weighted by molar-refractivity contribution is -0.139. The second kappa shape index (κ2) is 6.79. The predicted octanol–water partition coefficient (Wildman–Crippen LogP) is 6.41. The molecule has 172 valence electrons. The first kappa shape index (κ1) is 20.4. The highest BCUT2D eigenvalue weighted by atomic mass is 16.5. The number of aromatic nitrogens is 1. The molecule has 7 rings (SSSR count). The molecule has 3 nitrogen and oxygen atoms in total. The Labute approximate surface area is 197 Å². The van der Waals surface area contributed by atoms with Crippen LogP contribution in [0.15, 0.2) is 60.0 Å². The molecule has 2 spiro atoms. The van der Waals surface area contributed by atoms with Gasteiger partial charge in [-0.15, -0.1) is 0 Å². The average molecular weight is 441 g/mol. The van der Waals surface area contributed by atoms with E-state index in [1.807, 2.05) is 12.4 Å². The summed E-state index contributed by atoms with van der Waals surface area (Å²) in [6, 6.07) is 9.86. The highest BCUT2D eigenvalue weighted by molar-refractivity contribution is 5.82. The summed E-state index contributed by atoms with van der Waals surface area (Å²) in [6.45, 7) is 2.57. The molecule has 3 fully saturated rings. The topological polar surface area (TPSA) is 25.4 Å². The van der Waals surface area contributed by atoms with Gasteiger partial charge in [0.25, 0.3) is 0 Å². The largest absolute Gasteiger partial charge is 0.359 e. The van der Waals surface area contributed by atoms with Gasteiger partial charge in [0, 0.05) is 23.8 Å². The van der Waals surface area contributed by atoms with Crippen molar-refractivity contribution in [3.63, 3.8) is 0 Å². The number of hydrogen-bond donors (Lipinski definition) is 0. The zero-order valence-corrected chi connectivity index (χ0v) is 20.3. The number of rotatable bonds is 2. The van der Waals surface area contributed by atoms with Crippen molar-refractivity contribution < 1.29 is 4.74 Å². The van der Waals surface area contributed by atoms with E-state index in [-0.39, 0.29) is 16.6 Å². The van der Waals surface area contributed by atoms with Crippen LogP contribution in [0.5, 0.6) is 0 Å². The predicted molar refractivity (Wildman–Crippen MR) is 133 cm³/mol. The molecule has 0 amide bonds. The highest BCUT2D eigenvalue weighted by Crippen LogP contribution is 2.69. The van der Waals surface area contributed by atoms with Crippen LogP contribution in [0.1, 0.15) is 69.8 Å². The van der Waals surface area contributed by atoms with Gasteiger partial charge in [0.1, 0.15) is 0 Å². The molecule has 3 unspecified atom stereocenters. The quantitative estimate of drug-likeness (QED) is 0.540. The Bertz CT molecular complexity index is 1200. The highest BCUT2D eigenvalue weighted by Gasteiger charge is 2.66. The van der Waals surface area contributed by atoms with Crippen LogP contribution in [0.4, 0.5) is 0 Å². The normalized spacial score (nSPS) is 41.4. The molecule has 33 heavy (non-hydrogen) atoms. The molecular weight excluding hydrogens is 404 g/mol. The zero-order chi connectivity index (χ0) is 22.4. The van der Waals surface area contributed by atoms with Crippen LogP contribution in [0.2, 0.25) is 0 Å². The minimum Gasteiger partial charge on any atom is -0.359 e. The van der Waals surface area contributed by atoms with Crippen molar-refractivity contribution in [1.82, 2.24) is 9.88 Å². The lowest BCUT2D eigenvalue weighted by atomic mass is 9.58. The molecule has 3 heterocycles. The lowest BCUT2D eigenvalue weighted by Crippen LogP contribution is -2.55. The minimum absolute atomic E-state index is 0.00448. The van der Waals surface area contributed by atoms with E-state index in [1.165, 1.54) is 73.3 Å². The molecule has 1 aromatic carbocycles. The van der Waals surface area contributed by atoms with Crippen molar-refractivity contribution in [3.8, 4) is 0 Å². The second-order valence-electron chi connectivity index (χ2n) is 12.0. The fraction of sp³-hybridized carbons (Fsp3) is 0.567. The van der Waals surface area contributed by atoms with E-state index < -0.39 is 0 Å². The van der Waals surface area contributed by atoms with Gasteiger partial charge in [-0.2, -0.15) is 0 Å². The van der Waals surface area contributed by atoms with E-state index in [0.29, 0.717) is 17.9 Å². The van der Waals surface area contributed by atoms with Gasteiger partial charge < -0.3 is 9.64 Å². The van der Waals surface area contributed by atoms with Crippen LogP contribution >= 0.6 is 0 Å². The van der Waals surface area contributed by atoms with E-state index >= 15 is 0 Å². The Hall–Kier alpha value is -1.97. The van der Waals surface area contributed by atoms with E-state index in [0.717, 1.165) is 0 Å². The Morgan fingerprint density at radius 1 is 1.06 bits per heavy atom. The molecule has 2 aliphatic heterocycles. The SMILES string of the molecule is CN(C)C1CCC2=CC3=CCC4(C)C(c5ccc6ccncc6c5)CC[C@H]4[C@@]34CC[C@]2(C1)O4. The maximum atomic E-state index is 7.42. The standard InChI is InChI=1S/C30H36N2O/c1-28-12-10-24-17-23-6-7-25(32(2)3)18-29(23)13-14-30(24,33-29)27(28)9-8-26(28)21-5-4-20-11-15-31-19-22(20)16-21/h4-5,10-11,15-17,19,25-27H,6-9,12-14,18H2,1-3H3/t25?,26?,27-,28?,29-,30-/m1/s1. The number of allylic oxidation sites excluding steroid dienone is 1. The van der Waals surface area contributed by atoms with E-state index in [4.69, 9.17) is 4.74 Å².